The summed E-state index contributed by atoms with van der Waals surface area (Å²) >= 11 is 6.18. The summed E-state index contributed by atoms with van der Waals surface area (Å²) in [5.41, 5.74) is 2.06. The molecule has 1 aliphatic rings. The number of amides is 1. The molecule has 7 heteroatoms. The maximum Gasteiger partial charge on any atom is 0.280 e. The van der Waals surface area contributed by atoms with Crippen LogP contribution in [0.15, 0.2) is 75.8 Å². The number of halogens is 1. The second kappa shape index (κ2) is 7.41. The second-order valence-corrected chi connectivity index (χ2v) is 6.79. The van der Waals surface area contributed by atoms with Gasteiger partial charge in [-0.3, -0.25) is 4.79 Å². The molecule has 6 nitrogen and oxygen atoms in total. The zero-order chi connectivity index (χ0) is 20.5. The second-order valence-electron chi connectivity index (χ2n) is 6.38. The third-order valence-corrected chi connectivity index (χ3v) is 4.77. The summed E-state index contributed by atoms with van der Waals surface area (Å²) in [5.74, 6) is -0.766. The zero-order valence-electron chi connectivity index (χ0n) is 15.3. The van der Waals surface area contributed by atoms with Crippen LogP contribution in [0.4, 0.5) is 5.69 Å². The van der Waals surface area contributed by atoms with Gasteiger partial charge >= 0.3 is 0 Å². The standard InChI is InChI=1S/C22H15ClN2O4/c1-13-17(21(26)25(24-13)15-5-3-2-4-6-15)12-16-8-10-20(29-16)18-11-14(22(27)28)7-9-19(18)23/h2-12H,1H3,(H,27,28)/p-1/b17-12+. The molecule has 2 aromatic carbocycles. The fourth-order valence-corrected chi connectivity index (χ4v) is 3.20. The summed E-state index contributed by atoms with van der Waals surface area (Å²) < 4.78 is 5.78. The van der Waals surface area contributed by atoms with Crippen molar-refractivity contribution < 1.29 is 19.1 Å². The normalized spacial score (nSPS) is 15.1. The predicted octanol–water partition coefficient (Wildman–Crippen LogP) is 3.77. The number of hydrogen-bond acceptors (Lipinski definition) is 5. The van der Waals surface area contributed by atoms with E-state index in [-0.39, 0.29) is 11.5 Å². The number of carbonyl (C=O) groups excluding carboxylic acids is 2. The molecular weight excluding hydrogens is 392 g/mol. The Labute approximate surface area is 171 Å². The topological polar surface area (TPSA) is 85.9 Å². The van der Waals surface area contributed by atoms with Crippen LogP contribution in [-0.2, 0) is 4.79 Å². The van der Waals surface area contributed by atoms with Crippen LogP contribution in [0.25, 0.3) is 17.4 Å². The molecule has 0 bridgehead atoms. The number of furan rings is 1. The molecule has 0 atom stereocenters. The van der Waals surface area contributed by atoms with Crippen LogP contribution in [-0.4, -0.2) is 17.6 Å². The minimum absolute atomic E-state index is 0.00634. The van der Waals surface area contributed by atoms with Gasteiger partial charge in [-0.15, -0.1) is 0 Å². The van der Waals surface area contributed by atoms with Crippen molar-refractivity contribution in [3.05, 3.63) is 82.6 Å². The summed E-state index contributed by atoms with van der Waals surface area (Å²) in [5, 5.41) is 17.1. The minimum Gasteiger partial charge on any atom is -0.545 e. The molecule has 0 spiro atoms. The summed E-state index contributed by atoms with van der Waals surface area (Å²) in [6, 6.07) is 16.7. The van der Waals surface area contributed by atoms with E-state index < -0.39 is 5.97 Å². The first-order chi connectivity index (χ1) is 13.9. The van der Waals surface area contributed by atoms with Crippen LogP contribution in [0.5, 0.6) is 0 Å². The van der Waals surface area contributed by atoms with E-state index in [0.29, 0.717) is 39.1 Å². The molecule has 0 saturated heterocycles. The summed E-state index contributed by atoms with van der Waals surface area (Å²) in [7, 11) is 0. The van der Waals surface area contributed by atoms with E-state index in [1.54, 1.807) is 37.3 Å². The largest absolute Gasteiger partial charge is 0.545 e. The van der Waals surface area contributed by atoms with Crippen LogP contribution in [0.3, 0.4) is 0 Å². The molecule has 0 saturated carbocycles. The van der Waals surface area contributed by atoms with E-state index >= 15 is 0 Å². The molecule has 1 amide bonds. The van der Waals surface area contributed by atoms with Crippen LogP contribution < -0.4 is 10.1 Å². The molecule has 1 aromatic heterocycles. The number of rotatable bonds is 4. The van der Waals surface area contributed by atoms with E-state index in [1.165, 1.54) is 23.2 Å². The monoisotopic (exact) mass is 405 g/mol. The van der Waals surface area contributed by atoms with Gasteiger partial charge in [-0.25, -0.2) is 0 Å². The van der Waals surface area contributed by atoms with Crippen LogP contribution >= 0.6 is 11.6 Å². The number of anilines is 1. The highest BCUT2D eigenvalue weighted by atomic mass is 35.5. The molecule has 0 fully saturated rings. The average Bonchev–Trinajstić information content (AvgIpc) is 3.29. The maximum atomic E-state index is 12.8. The van der Waals surface area contributed by atoms with E-state index in [0.717, 1.165) is 0 Å². The Morgan fingerprint density at radius 3 is 2.62 bits per heavy atom. The smallest absolute Gasteiger partial charge is 0.280 e. The molecule has 144 valence electrons. The number of nitrogens with zero attached hydrogens (tertiary/aromatic N) is 2. The number of para-hydroxylation sites is 1. The van der Waals surface area contributed by atoms with Crippen LogP contribution in [0, 0.1) is 0 Å². The number of hydrazone groups is 1. The van der Waals surface area contributed by atoms with Crippen molar-refractivity contribution in [3.63, 3.8) is 0 Å². The van der Waals surface area contributed by atoms with Crippen LogP contribution in [0.1, 0.15) is 23.0 Å². The van der Waals surface area contributed by atoms with Gasteiger partial charge in [0.05, 0.1) is 28.0 Å². The van der Waals surface area contributed by atoms with E-state index in [2.05, 4.69) is 5.10 Å². The first-order valence-corrected chi connectivity index (χ1v) is 9.10. The predicted molar refractivity (Wildman–Crippen MR) is 108 cm³/mol. The number of aromatic carboxylic acids is 1. The third kappa shape index (κ3) is 3.58. The zero-order valence-corrected chi connectivity index (χ0v) is 16.0. The first-order valence-electron chi connectivity index (χ1n) is 8.72. The number of hydrogen-bond donors (Lipinski definition) is 0. The molecule has 0 aliphatic carbocycles. The molecule has 0 radical (unpaired) electrons. The lowest BCUT2D eigenvalue weighted by molar-refractivity contribution is -0.255. The third-order valence-electron chi connectivity index (χ3n) is 4.44. The minimum atomic E-state index is -1.30. The molecule has 2 heterocycles. The fraction of sp³-hybridized carbons (Fsp3) is 0.0455. The van der Waals surface area contributed by atoms with Crippen molar-refractivity contribution in [1.82, 2.24) is 0 Å². The number of carboxylic acid groups (broad SMARTS) is 1. The van der Waals surface area contributed by atoms with E-state index in [1.807, 2.05) is 18.2 Å². The Hall–Kier alpha value is -3.64. The Morgan fingerprint density at radius 1 is 1.14 bits per heavy atom. The highest BCUT2D eigenvalue weighted by Crippen LogP contribution is 2.32. The van der Waals surface area contributed by atoms with Crippen molar-refractivity contribution in [3.8, 4) is 11.3 Å². The molecule has 0 N–H and O–H groups in total. The van der Waals surface area contributed by atoms with Gasteiger partial charge in [0.25, 0.3) is 5.91 Å². The Balaban J connectivity index is 1.65. The van der Waals surface area contributed by atoms with Gasteiger partial charge in [-0.2, -0.15) is 10.1 Å². The molecule has 0 unspecified atom stereocenters. The van der Waals surface area contributed by atoms with Gasteiger partial charge in [-0.1, -0.05) is 35.9 Å². The molecule has 4 rings (SSSR count). The Morgan fingerprint density at radius 2 is 1.90 bits per heavy atom. The lowest BCUT2D eigenvalue weighted by atomic mass is 10.1. The maximum absolute atomic E-state index is 12.8. The Bertz CT molecular complexity index is 1180. The summed E-state index contributed by atoms with van der Waals surface area (Å²) in [6.07, 6.45) is 1.60. The number of carbonyl (C=O) groups is 2. The van der Waals surface area contributed by atoms with Gasteiger partial charge in [0, 0.05) is 5.56 Å². The van der Waals surface area contributed by atoms with Crippen LogP contribution in [0.2, 0.25) is 5.02 Å². The fourth-order valence-electron chi connectivity index (χ4n) is 2.99. The van der Waals surface area contributed by atoms with Crippen molar-refractivity contribution in [2.24, 2.45) is 5.10 Å². The van der Waals surface area contributed by atoms with Crippen molar-refractivity contribution in [1.29, 1.82) is 0 Å². The van der Waals surface area contributed by atoms with Gasteiger partial charge < -0.3 is 14.3 Å². The molecular formula is C22H14ClN2O4-. The van der Waals surface area contributed by atoms with Gasteiger partial charge in [0.15, 0.2) is 0 Å². The van der Waals surface area contributed by atoms with Gasteiger partial charge in [0.2, 0.25) is 0 Å². The van der Waals surface area contributed by atoms with E-state index in [9.17, 15) is 14.7 Å². The lowest BCUT2D eigenvalue weighted by Gasteiger charge is -2.10. The summed E-state index contributed by atoms with van der Waals surface area (Å²) in [4.78, 5) is 23.9. The SMILES string of the molecule is CC1=NN(c2ccccc2)C(=O)/C1=C/c1ccc(-c2cc(C(=O)[O-])ccc2Cl)o1. The summed E-state index contributed by atoms with van der Waals surface area (Å²) in [6.45, 7) is 1.75. The first kappa shape index (κ1) is 18.7. The number of benzene rings is 2. The van der Waals surface area contributed by atoms with E-state index in [4.69, 9.17) is 16.0 Å². The highest BCUT2D eigenvalue weighted by molar-refractivity contribution is 6.33. The van der Waals surface area contributed by atoms with Crippen molar-refractivity contribution >= 4 is 41.0 Å². The van der Waals surface area contributed by atoms with Crippen molar-refractivity contribution in [2.75, 3.05) is 5.01 Å². The quantitative estimate of drug-likeness (QED) is 0.618. The van der Waals surface area contributed by atoms with Gasteiger partial charge in [0.1, 0.15) is 11.5 Å². The lowest BCUT2D eigenvalue weighted by Crippen LogP contribution is -2.22. The molecule has 1 aliphatic heterocycles. The van der Waals surface area contributed by atoms with Gasteiger partial charge in [-0.05, 0) is 55.0 Å². The van der Waals surface area contributed by atoms with Crippen molar-refractivity contribution in [2.45, 2.75) is 6.92 Å². The Kier molecular flexibility index (Phi) is 4.78. The number of carboxylic acids is 1. The molecule has 29 heavy (non-hydrogen) atoms. The highest BCUT2D eigenvalue weighted by Gasteiger charge is 2.29. The molecule has 3 aromatic rings. The average molecular weight is 406 g/mol.